The van der Waals surface area contributed by atoms with Crippen LogP contribution in [-0.4, -0.2) is 51.3 Å². The molecule has 0 aromatic heterocycles. The molecule has 0 spiro atoms. The number of ether oxygens (including phenoxy) is 2. The Morgan fingerprint density at radius 2 is 1.75 bits per heavy atom. The quantitative estimate of drug-likeness (QED) is 0.692. The zero-order chi connectivity index (χ0) is 23.5. The van der Waals surface area contributed by atoms with Gasteiger partial charge in [0.25, 0.3) is 0 Å². The molecule has 8 nitrogen and oxygen atoms in total. The van der Waals surface area contributed by atoms with Crippen molar-refractivity contribution in [3.63, 3.8) is 0 Å². The summed E-state index contributed by atoms with van der Waals surface area (Å²) in [6, 6.07) is 12.7. The van der Waals surface area contributed by atoms with E-state index in [4.69, 9.17) is 9.47 Å². The molecule has 0 bridgehead atoms. The molecule has 1 amide bonds. The van der Waals surface area contributed by atoms with Crippen molar-refractivity contribution < 1.29 is 34.1 Å². The maximum atomic E-state index is 12.6. The molecule has 2 aromatic rings. The fourth-order valence-corrected chi connectivity index (χ4v) is 3.76. The van der Waals surface area contributed by atoms with Crippen molar-refractivity contribution in [2.45, 2.75) is 51.4 Å². The Kier molecular flexibility index (Phi) is 6.72. The van der Waals surface area contributed by atoms with Crippen LogP contribution >= 0.6 is 0 Å². The minimum absolute atomic E-state index is 0.00887. The molecule has 0 radical (unpaired) electrons. The van der Waals surface area contributed by atoms with Crippen molar-refractivity contribution in [1.82, 2.24) is 4.90 Å². The van der Waals surface area contributed by atoms with Gasteiger partial charge in [0.05, 0.1) is 5.56 Å². The van der Waals surface area contributed by atoms with Gasteiger partial charge < -0.3 is 19.7 Å². The van der Waals surface area contributed by atoms with Gasteiger partial charge in [-0.3, -0.25) is 4.90 Å². The van der Waals surface area contributed by atoms with E-state index in [1.807, 2.05) is 30.3 Å². The highest BCUT2D eigenvalue weighted by Crippen LogP contribution is 2.37. The zero-order valence-corrected chi connectivity index (χ0v) is 18.3. The van der Waals surface area contributed by atoms with Gasteiger partial charge in [-0.2, -0.15) is 0 Å². The third kappa shape index (κ3) is 5.57. The monoisotopic (exact) mass is 441 g/mol. The fourth-order valence-electron chi connectivity index (χ4n) is 3.76. The Labute approximate surface area is 186 Å². The Balaban J connectivity index is 1.89. The lowest BCUT2D eigenvalue weighted by molar-refractivity contribution is -0.142. The lowest BCUT2D eigenvalue weighted by atomic mass is 9.90. The molecule has 2 N–H and O–H groups in total. The van der Waals surface area contributed by atoms with Crippen molar-refractivity contribution in [3.8, 4) is 5.75 Å². The predicted octanol–water partition coefficient (Wildman–Crippen LogP) is 4.14. The van der Waals surface area contributed by atoms with Crippen molar-refractivity contribution in [1.29, 1.82) is 0 Å². The van der Waals surface area contributed by atoms with E-state index < -0.39 is 35.6 Å². The van der Waals surface area contributed by atoms with E-state index in [-0.39, 0.29) is 18.7 Å². The van der Waals surface area contributed by atoms with Crippen molar-refractivity contribution in [2.24, 2.45) is 0 Å². The van der Waals surface area contributed by atoms with E-state index in [9.17, 15) is 24.6 Å². The molecule has 170 valence electrons. The number of aromatic carboxylic acids is 1. The van der Waals surface area contributed by atoms with Gasteiger partial charge in [-0.1, -0.05) is 30.3 Å². The molecule has 3 rings (SSSR count). The predicted molar refractivity (Wildman–Crippen MR) is 116 cm³/mol. The van der Waals surface area contributed by atoms with Gasteiger partial charge in [0, 0.05) is 12.5 Å². The number of aliphatic carboxylic acids is 1. The summed E-state index contributed by atoms with van der Waals surface area (Å²) < 4.78 is 11.2. The summed E-state index contributed by atoms with van der Waals surface area (Å²) in [5.41, 5.74) is 0.631. The molecule has 0 unspecified atom stereocenters. The van der Waals surface area contributed by atoms with Gasteiger partial charge in [-0.05, 0) is 56.5 Å². The highest BCUT2D eigenvalue weighted by molar-refractivity contribution is 5.89. The summed E-state index contributed by atoms with van der Waals surface area (Å²) in [6.07, 6.45) is -0.348. The number of hydrogen-bond donors (Lipinski definition) is 2. The third-order valence-corrected chi connectivity index (χ3v) is 5.13. The first kappa shape index (κ1) is 23.1. The smallest absolute Gasteiger partial charge is 0.411 e. The second-order valence-corrected chi connectivity index (χ2v) is 8.72. The van der Waals surface area contributed by atoms with E-state index in [0.29, 0.717) is 17.7 Å². The lowest BCUT2D eigenvalue weighted by Gasteiger charge is -2.28. The average Bonchev–Trinajstić information content (AvgIpc) is 3.17. The Hall–Kier alpha value is -3.55. The fraction of sp³-hybridized carbons (Fsp3) is 0.375. The molecule has 32 heavy (non-hydrogen) atoms. The number of rotatable bonds is 6. The molecular formula is C24H27NO7. The number of amides is 1. The third-order valence-electron chi connectivity index (χ3n) is 5.13. The minimum atomic E-state index is -1.18. The number of nitrogens with zero attached hydrogens (tertiary/aromatic N) is 1. The van der Waals surface area contributed by atoms with Crippen LogP contribution in [-0.2, 0) is 16.1 Å². The molecule has 1 heterocycles. The second-order valence-electron chi connectivity index (χ2n) is 8.72. The number of hydrogen-bond acceptors (Lipinski definition) is 5. The van der Waals surface area contributed by atoms with Crippen LogP contribution in [0.15, 0.2) is 48.5 Å². The molecule has 1 aliphatic heterocycles. The summed E-state index contributed by atoms with van der Waals surface area (Å²) in [5.74, 6) is -2.60. The average molecular weight is 441 g/mol. The van der Waals surface area contributed by atoms with Crippen LogP contribution in [0.4, 0.5) is 4.79 Å². The minimum Gasteiger partial charge on any atom is -0.489 e. The molecule has 1 saturated heterocycles. The van der Waals surface area contributed by atoms with Gasteiger partial charge in [-0.15, -0.1) is 0 Å². The maximum absolute atomic E-state index is 12.6. The summed E-state index contributed by atoms with van der Waals surface area (Å²) in [5, 5.41) is 19.4. The number of carbonyl (C=O) groups excluding carboxylic acids is 1. The van der Waals surface area contributed by atoms with Gasteiger partial charge in [0.15, 0.2) is 0 Å². The first-order chi connectivity index (χ1) is 15.0. The van der Waals surface area contributed by atoms with Crippen LogP contribution in [0.5, 0.6) is 5.75 Å². The SMILES string of the molecule is CC(C)(C)OC(=O)N1CC[C@H](c2cc(OCc3ccccc3)cc(C(=O)O)c2)[C@H]1C(=O)O. The normalized spacial score (nSPS) is 18.3. The summed E-state index contributed by atoms with van der Waals surface area (Å²) in [4.78, 5) is 37.5. The highest BCUT2D eigenvalue weighted by atomic mass is 16.6. The van der Waals surface area contributed by atoms with Gasteiger partial charge in [0.1, 0.15) is 24.0 Å². The number of likely N-dealkylation sites (tertiary alicyclic amines) is 1. The van der Waals surface area contributed by atoms with Crippen LogP contribution in [0.25, 0.3) is 0 Å². The van der Waals surface area contributed by atoms with Gasteiger partial charge in [0.2, 0.25) is 0 Å². The summed E-state index contributed by atoms with van der Waals surface area (Å²) in [7, 11) is 0. The standard InChI is InChI=1S/C24H27NO7/c1-24(2,3)32-23(30)25-10-9-19(20(25)22(28)29)16-11-17(21(26)27)13-18(12-16)31-14-15-7-5-4-6-8-15/h4-8,11-13,19-20H,9-10,14H2,1-3H3,(H,26,27)(H,28,29)/t19-,20+/m1/s1. The zero-order valence-electron chi connectivity index (χ0n) is 18.3. The molecular weight excluding hydrogens is 414 g/mol. The Bertz CT molecular complexity index is 997. The van der Waals surface area contributed by atoms with Crippen molar-refractivity contribution >= 4 is 18.0 Å². The first-order valence-corrected chi connectivity index (χ1v) is 10.3. The highest BCUT2D eigenvalue weighted by Gasteiger charge is 2.44. The molecule has 1 fully saturated rings. The Morgan fingerprint density at radius 3 is 2.34 bits per heavy atom. The van der Waals surface area contributed by atoms with Crippen LogP contribution in [0, 0.1) is 0 Å². The van der Waals surface area contributed by atoms with Gasteiger partial charge >= 0.3 is 18.0 Å². The van der Waals surface area contributed by atoms with E-state index in [0.717, 1.165) is 5.56 Å². The van der Waals surface area contributed by atoms with Crippen LogP contribution in [0.1, 0.15) is 54.6 Å². The van der Waals surface area contributed by atoms with Crippen LogP contribution in [0.3, 0.4) is 0 Å². The second kappa shape index (κ2) is 9.30. The van der Waals surface area contributed by atoms with Crippen molar-refractivity contribution in [3.05, 3.63) is 65.2 Å². The van der Waals surface area contributed by atoms with E-state index in [1.165, 1.54) is 17.0 Å². The summed E-state index contributed by atoms with van der Waals surface area (Å²) >= 11 is 0. The van der Waals surface area contributed by atoms with E-state index in [2.05, 4.69) is 0 Å². The molecule has 1 aliphatic rings. The maximum Gasteiger partial charge on any atom is 0.411 e. The topological polar surface area (TPSA) is 113 Å². The van der Waals surface area contributed by atoms with E-state index >= 15 is 0 Å². The van der Waals surface area contributed by atoms with Crippen molar-refractivity contribution in [2.75, 3.05) is 6.54 Å². The number of carbonyl (C=O) groups is 3. The first-order valence-electron chi connectivity index (χ1n) is 10.3. The van der Waals surface area contributed by atoms with Crippen LogP contribution < -0.4 is 4.74 Å². The number of carboxylic acid groups (broad SMARTS) is 2. The molecule has 2 atom stereocenters. The van der Waals surface area contributed by atoms with Gasteiger partial charge in [-0.25, -0.2) is 14.4 Å². The number of benzene rings is 2. The molecule has 8 heteroatoms. The molecule has 0 saturated carbocycles. The van der Waals surface area contributed by atoms with E-state index in [1.54, 1.807) is 26.8 Å². The number of carboxylic acids is 2. The molecule has 2 aromatic carbocycles. The Morgan fingerprint density at radius 1 is 1.06 bits per heavy atom. The lowest BCUT2D eigenvalue weighted by Crippen LogP contribution is -2.45. The largest absolute Gasteiger partial charge is 0.489 e. The van der Waals surface area contributed by atoms with Crippen LogP contribution in [0.2, 0.25) is 0 Å². The summed E-state index contributed by atoms with van der Waals surface area (Å²) in [6.45, 7) is 5.55. The molecule has 0 aliphatic carbocycles.